The van der Waals surface area contributed by atoms with Crippen LogP contribution in [0.4, 0.5) is 4.39 Å². The van der Waals surface area contributed by atoms with Crippen molar-refractivity contribution in [3.8, 4) is 6.07 Å². The van der Waals surface area contributed by atoms with Gasteiger partial charge in [-0.05, 0) is 84.2 Å². The van der Waals surface area contributed by atoms with E-state index in [1.807, 2.05) is 6.07 Å². The minimum absolute atomic E-state index is 0.0481. The van der Waals surface area contributed by atoms with Crippen LogP contribution < -0.4 is 0 Å². The highest BCUT2D eigenvalue weighted by Gasteiger charge is 2.57. The summed E-state index contributed by atoms with van der Waals surface area (Å²) in [6, 6.07) is 8.02. The number of rotatable bonds is 6. The van der Waals surface area contributed by atoms with Crippen LogP contribution in [0.15, 0.2) is 39.8 Å². The monoisotopic (exact) mass is 566 g/mol. The molecule has 0 spiro atoms. The molecule has 0 amide bonds. The van der Waals surface area contributed by atoms with Crippen molar-refractivity contribution in [1.82, 2.24) is 4.98 Å². The number of aromatic nitrogens is 1. The van der Waals surface area contributed by atoms with E-state index in [9.17, 15) is 13.8 Å². The van der Waals surface area contributed by atoms with E-state index in [-0.39, 0.29) is 29.9 Å². The third-order valence-corrected chi connectivity index (χ3v) is 11.4. The Morgan fingerprint density at radius 3 is 2.52 bits per heavy atom. The van der Waals surface area contributed by atoms with Gasteiger partial charge in [-0.15, -0.1) is 0 Å². The van der Waals surface area contributed by atoms with Crippen LogP contribution in [0, 0.1) is 24.1 Å². The fourth-order valence-electron chi connectivity index (χ4n) is 5.59. The molecule has 40 heavy (non-hydrogen) atoms. The number of ketones is 1. The Labute approximate surface area is 235 Å². The molecule has 0 N–H and O–H groups in total. The number of aryl methyl sites for hydroxylation is 1. The molecule has 3 heterocycles. The smallest absolute Gasteiger partial charge is 0.312 e. The second-order valence-electron chi connectivity index (χ2n) is 12.1. The van der Waals surface area contributed by atoms with Gasteiger partial charge < -0.3 is 4.74 Å². The first-order valence-electron chi connectivity index (χ1n) is 13.2. The van der Waals surface area contributed by atoms with E-state index >= 15 is 4.39 Å². The molecular formula is C30H35FN4O4S. The molecule has 0 saturated carbocycles. The predicted molar refractivity (Wildman–Crippen MR) is 151 cm³/mol. The van der Waals surface area contributed by atoms with Crippen LogP contribution in [0.5, 0.6) is 0 Å². The molecule has 212 valence electrons. The first-order chi connectivity index (χ1) is 18.5. The van der Waals surface area contributed by atoms with Crippen molar-refractivity contribution in [2.45, 2.75) is 88.9 Å². The quantitative estimate of drug-likeness (QED) is 0.348. The van der Waals surface area contributed by atoms with Crippen molar-refractivity contribution in [2.75, 3.05) is 6.54 Å². The molecule has 1 aromatic heterocycles. The lowest BCUT2D eigenvalue weighted by atomic mass is 9.84. The van der Waals surface area contributed by atoms with Crippen molar-refractivity contribution >= 4 is 27.2 Å². The second-order valence-corrected chi connectivity index (χ2v) is 15.1. The first-order valence-corrected chi connectivity index (χ1v) is 14.8. The Kier molecular flexibility index (Phi) is 7.52. The molecule has 0 bridgehead atoms. The minimum Gasteiger partial charge on any atom is -0.460 e. The molecule has 0 radical (unpaired) electrons. The number of nitrogens with zero attached hydrogens (tertiary/aromatic N) is 4. The zero-order chi connectivity index (χ0) is 29.7. The van der Waals surface area contributed by atoms with Gasteiger partial charge in [-0.2, -0.15) is 5.26 Å². The summed E-state index contributed by atoms with van der Waals surface area (Å²) < 4.78 is 39.2. The first kappa shape index (κ1) is 29.5. The maximum absolute atomic E-state index is 15.6. The third kappa shape index (κ3) is 5.19. The molecule has 2 aliphatic heterocycles. The van der Waals surface area contributed by atoms with Crippen LogP contribution in [0.25, 0.3) is 0 Å². The number of fused-ring (bicyclic) bond motifs is 1. The number of benzene rings is 1. The predicted octanol–water partition coefficient (Wildman–Crippen LogP) is 5.25. The van der Waals surface area contributed by atoms with Crippen molar-refractivity contribution in [1.29, 1.82) is 5.26 Å². The van der Waals surface area contributed by atoms with E-state index in [2.05, 4.69) is 9.35 Å². The average Bonchev–Trinajstić information content (AvgIpc) is 3.27. The SMILES string of the molecule is Cc1cc(C#N)cnc1C(=O)Cc1ccc(F)c([C@@]2(C)N=C(CC(=O)OC(C)(C)C)C(C)(C)[S@]3(=O)=NCC[C@H]23)c1. The number of Topliss-reactive ketones (excluding diaryl/α,β-unsaturated/α-hetero) is 1. The number of carbonyl (C=O) groups excluding carboxylic acids is 2. The number of ether oxygens (including phenoxy) is 1. The molecule has 1 aromatic carbocycles. The van der Waals surface area contributed by atoms with Gasteiger partial charge in [-0.25, -0.2) is 13.0 Å². The zero-order valence-electron chi connectivity index (χ0n) is 24.0. The van der Waals surface area contributed by atoms with Crippen LogP contribution in [0.2, 0.25) is 0 Å². The lowest BCUT2D eigenvalue weighted by Crippen LogP contribution is -2.56. The van der Waals surface area contributed by atoms with E-state index in [0.717, 1.165) is 0 Å². The standard InChI is InChI=1S/C30H35FN4O4S/c1-18-12-20(16-32)17-33-27(18)23(36)14-19-8-9-22(31)21(13-19)30(7)25-10-11-34-40(25,38)29(5,6)24(35-30)15-26(37)39-28(2,3)4/h8-9,12-13,17,25H,10-11,14-15H2,1-7H3/t25-,30-,40+/m1/s1. The number of esters is 1. The molecule has 2 aliphatic rings. The van der Waals surface area contributed by atoms with E-state index in [0.29, 0.717) is 35.4 Å². The van der Waals surface area contributed by atoms with Gasteiger partial charge in [0, 0.05) is 30.4 Å². The molecule has 0 fully saturated rings. The maximum Gasteiger partial charge on any atom is 0.312 e. The number of aliphatic imine (C=N–C) groups is 1. The molecule has 0 aliphatic carbocycles. The van der Waals surface area contributed by atoms with Crippen molar-refractivity contribution < 1.29 is 22.9 Å². The zero-order valence-corrected chi connectivity index (χ0v) is 24.8. The Morgan fingerprint density at radius 2 is 1.90 bits per heavy atom. The fourth-order valence-corrected chi connectivity index (χ4v) is 8.86. The van der Waals surface area contributed by atoms with Gasteiger partial charge in [0.1, 0.15) is 28.7 Å². The Morgan fingerprint density at radius 1 is 1.20 bits per heavy atom. The van der Waals surface area contributed by atoms with Gasteiger partial charge >= 0.3 is 5.97 Å². The average molecular weight is 567 g/mol. The summed E-state index contributed by atoms with van der Waals surface area (Å²) in [6.07, 6.45) is 1.57. The van der Waals surface area contributed by atoms with Gasteiger partial charge in [0.15, 0.2) is 5.78 Å². The fraction of sp³-hybridized carbons (Fsp3) is 0.500. The lowest BCUT2D eigenvalue weighted by molar-refractivity contribution is -0.153. The highest BCUT2D eigenvalue weighted by atomic mass is 32.2. The Balaban J connectivity index is 1.77. The van der Waals surface area contributed by atoms with Gasteiger partial charge in [-0.3, -0.25) is 19.6 Å². The Hall–Kier alpha value is -3.45. The highest BCUT2D eigenvalue weighted by molar-refractivity contribution is 7.96. The summed E-state index contributed by atoms with van der Waals surface area (Å²) in [7, 11) is -2.96. The topological polar surface area (TPSA) is 122 Å². The minimum atomic E-state index is -2.96. The molecule has 0 unspecified atom stereocenters. The van der Waals surface area contributed by atoms with E-state index in [1.165, 1.54) is 18.3 Å². The van der Waals surface area contributed by atoms with Crippen LogP contribution in [-0.4, -0.2) is 48.8 Å². The van der Waals surface area contributed by atoms with Crippen molar-refractivity contribution in [3.05, 3.63) is 64.2 Å². The van der Waals surface area contributed by atoms with Gasteiger partial charge in [0.05, 0.1) is 31.7 Å². The second kappa shape index (κ2) is 10.2. The third-order valence-electron chi connectivity index (χ3n) is 7.62. The normalized spacial score (nSPS) is 25.3. The van der Waals surface area contributed by atoms with Gasteiger partial charge in [0.25, 0.3) is 0 Å². The van der Waals surface area contributed by atoms with E-state index < -0.39 is 42.7 Å². The summed E-state index contributed by atoms with van der Waals surface area (Å²) in [6.45, 7) is 12.6. The van der Waals surface area contributed by atoms with Crippen LogP contribution in [0.3, 0.4) is 0 Å². The van der Waals surface area contributed by atoms with Crippen LogP contribution in [0.1, 0.15) is 87.1 Å². The summed E-state index contributed by atoms with van der Waals surface area (Å²) in [5, 5.41) is 8.51. The van der Waals surface area contributed by atoms with Gasteiger partial charge in [-0.1, -0.05) is 6.07 Å². The summed E-state index contributed by atoms with van der Waals surface area (Å²) >= 11 is 0. The van der Waals surface area contributed by atoms with Gasteiger partial charge in [0.2, 0.25) is 0 Å². The van der Waals surface area contributed by atoms with E-state index in [1.54, 1.807) is 60.6 Å². The number of carbonyl (C=O) groups is 2. The molecule has 3 atom stereocenters. The molecular weight excluding hydrogens is 531 g/mol. The summed E-state index contributed by atoms with van der Waals surface area (Å²) in [5.41, 5.74) is 0.290. The molecule has 2 aromatic rings. The Bertz CT molecular complexity index is 1590. The van der Waals surface area contributed by atoms with Crippen LogP contribution >= 0.6 is 0 Å². The maximum atomic E-state index is 15.6. The number of halogens is 1. The number of pyridine rings is 1. The number of hydrogen-bond donors (Lipinski definition) is 0. The lowest BCUT2D eigenvalue weighted by Gasteiger charge is -2.46. The molecule has 4 rings (SSSR count). The molecule has 8 nitrogen and oxygen atoms in total. The van der Waals surface area contributed by atoms with E-state index in [4.69, 9.17) is 15.0 Å². The number of hydrogen-bond acceptors (Lipinski definition) is 8. The van der Waals surface area contributed by atoms with Crippen molar-refractivity contribution in [2.24, 2.45) is 9.36 Å². The molecule has 10 heteroatoms. The highest BCUT2D eigenvalue weighted by Crippen LogP contribution is 2.49. The molecule has 0 saturated heterocycles. The largest absolute Gasteiger partial charge is 0.460 e. The number of nitriles is 1. The van der Waals surface area contributed by atoms with Crippen molar-refractivity contribution in [3.63, 3.8) is 0 Å². The summed E-state index contributed by atoms with van der Waals surface area (Å²) in [4.78, 5) is 35.1. The van der Waals surface area contributed by atoms with Crippen LogP contribution in [-0.2, 0) is 31.2 Å². The summed E-state index contributed by atoms with van der Waals surface area (Å²) in [5.74, 6) is -1.32.